The molecule has 0 spiro atoms. The number of aromatic nitrogens is 3. The minimum absolute atomic E-state index is 0.0270. The Morgan fingerprint density at radius 1 is 0.917 bits per heavy atom. The number of hydrogen-bond donors (Lipinski definition) is 2. The van der Waals surface area contributed by atoms with E-state index in [2.05, 4.69) is 10.1 Å². The first-order chi connectivity index (χ1) is 11.6. The van der Waals surface area contributed by atoms with Gasteiger partial charge in [-0.05, 0) is 48.5 Å². The van der Waals surface area contributed by atoms with E-state index < -0.39 is 0 Å². The molecule has 118 valence electrons. The predicted molar refractivity (Wildman–Crippen MR) is 87.1 cm³/mol. The fourth-order valence-electron chi connectivity index (χ4n) is 2.59. The van der Waals surface area contributed by atoms with Crippen LogP contribution in [0.1, 0.15) is 0 Å². The number of hydrogen-bond acceptors (Lipinski definition) is 4. The molecule has 0 radical (unpaired) electrons. The summed E-state index contributed by atoms with van der Waals surface area (Å²) in [5, 5.41) is 24.3. The third-order valence-electron chi connectivity index (χ3n) is 3.75. The maximum absolute atomic E-state index is 13.1. The highest BCUT2D eigenvalue weighted by molar-refractivity contribution is 5.72. The summed E-state index contributed by atoms with van der Waals surface area (Å²) in [7, 11) is 0. The Labute approximate surface area is 136 Å². The standard InChI is InChI=1S/C18H12FN3O2/c19-12-3-1-11(2-4-12)15-10-18-20-8-7-16(22(18)21-15)14-9-13(23)5-6-17(14)24/h1-10,23-24H. The number of benzene rings is 2. The van der Waals surface area contributed by atoms with Crippen LogP contribution in [-0.4, -0.2) is 24.8 Å². The van der Waals surface area contributed by atoms with E-state index in [0.29, 0.717) is 22.6 Å². The van der Waals surface area contributed by atoms with Crippen molar-refractivity contribution in [3.8, 4) is 34.0 Å². The normalized spacial score (nSPS) is 11.0. The Hall–Kier alpha value is -3.41. The molecule has 0 amide bonds. The average molecular weight is 321 g/mol. The van der Waals surface area contributed by atoms with Gasteiger partial charge in [-0.1, -0.05) is 0 Å². The largest absolute Gasteiger partial charge is 0.508 e. The number of phenolic OH excluding ortho intramolecular Hbond substituents is 2. The molecule has 5 nitrogen and oxygen atoms in total. The predicted octanol–water partition coefficient (Wildman–Crippen LogP) is 3.61. The lowest BCUT2D eigenvalue weighted by Gasteiger charge is -2.07. The molecule has 24 heavy (non-hydrogen) atoms. The van der Waals surface area contributed by atoms with Gasteiger partial charge in [0.05, 0.1) is 11.4 Å². The van der Waals surface area contributed by atoms with Crippen LogP contribution in [0.2, 0.25) is 0 Å². The van der Waals surface area contributed by atoms with Gasteiger partial charge in [0, 0.05) is 23.4 Å². The molecule has 2 heterocycles. The van der Waals surface area contributed by atoms with Crippen LogP contribution in [0.3, 0.4) is 0 Å². The topological polar surface area (TPSA) is 70.7 Å². The number of nitrogens with zero attached hydrogens (tertiary/aromatic N) is 3. The average Bonchev–Trinajstić information content (AvgIpc) is 3.02. The summed E-state index contributed by atoms with van der Waals surface area (Å²) in [5.74, 6) is -0.246. The van der Waals surface area contributed by atoms with Crippen molar-refractivity contribution in [1.82, 2.24) is 14.6 Å². The molecule has 0 bridgehead atoms. The molecule has 2 aromatic carbocycles. The van der Waals surface area contributed by atoms with E-state index in [1.807, 2.05) is 0 Å². The molecule has 0 aliphatic heterocycles. The number of rotatable bonds is 2. The van der Waals surface area contributed by atoms with Gasteiger partial charge in [0.1, 0.15) is 17.3 Å². The molecule has 0 aliphatic carbocycles. The summed E-state index contributed by atoms with van der Waals surface area (Å²) in [6.07, 6.45) is 1.60. The lowest BCUT2D eigenvalue weighted by molar-refractivity contribution is 0.461. The molecule has 6 heteroatoms. The Balaban J connectivity index is 1.92. The number of halogens is 1. The first-order valence-corrected chi connectivity index (χ1v) is 7.25. The summed E-state index contributed by atoms with van der Waals surface area (Å²) >= 11 is 0. The Morgan fingerprint density at radius 3 is 2.50 bits per heavy atom. The van der Waals surface area contributed by atoms with Crippen LogP contribution in [0, 0.1) is 5.82 Å². The summed E-state index contributed by atoms with van der Waals surface area (Å²) in [4.78, 5) is 4.27. The minimum Gasteiger partial charge on any atom is -0.508 e. The SMILES string of the molecule is Oc1ccc(O)c(-c2ccnc3cc(-c4ccc(F)cc4)nn23)c1. The fourth-order valence-corrected chi connectivity index (χ4v) is 2.59. The van der Waals surface area contributed by atoms with E-state index in [1.54, 1.807) is 35.0 Å². The zero-order valence-electron chi connectivity index (χ0n) is 12.4. The molecular formula is C18H12FN3O2. The van der Waals surface area contributed by atoms with Gasteiger partial charge in [0.15, 0.2) is 5.65 Å². The molecule has 4 rings (SSSR count). The van der Waals surface area contributed by atoms with Crippen molar-refractivity contribution in [2.45, 2.75) is 0 Å². The van der Waals surface area contributed by atoms with Crippen LogP contribution >= 0.6 is 0 Å². The van der Waals surface area contributed by atoms with Crippen molar-refractivity contribution < 1.29 is 14.6 Å². The van der Waals surface area contributed by atoms with Crippen LogP contribution in [0.4, 0.5) is 4.39 Å². The first kappa shape index (κ1) is 14.2. The van der Waals surface area contributed by atoms with Crippen molar-refractivity contribution in [1.29, 1.82) is 0 Å². The van der Waals surface area contributed by atoms with Crippen molar-refractivity contribution >= 4 is 5.65 Å². The molecule has 0 unspecified atom stereocenters. The van der Waals surface area contributed by atoms with E-state index in [1.165, 1.54) is 30.3 Å². The van der Waals surface area contributed by atoms with Gasteiger partial charge in [-0.2, -0.15) is 5.10 Å². The van der Waals surface area contributed by atoms with E-state index in [-0.39, 0.29) is 17.3 Å². The molecule has 2 N–H and O–H groups in total. The monoisotopic (exact) mass is 321 g/mol. The highest BCUT2D eigenvalue weighted by Gasteiger charge is 2.13. The smallest absolute Gasteiger partial charge is 0.156 e. The third kappa shape index (κ3) is 2.34. The third-order valence-corrected chi connectivity index (χ3v) is 3.75. The Kier molecular flexibility index (Phi) is 3.16. The number of aromatic hydroxyl groups is 2. The van der Waals surface area contributed by atoms with E-state index in [9.17, 15) is 14.6 Å². The Morgan fingerprint density at radius 2 is 1.71 bits per heavy atom. The van der Waals surface area contributed by atoms with Gasteiger partial charge in [-0.3, -0.25) is 0 Å². The van der Waals surface area contributed by atoms with Gasteiger partial charge in [0.25, 0.3) is 0 Å². The summed E-state index contributed by atoms with van der Waals surface area (Å²) in [6, 6.07) is 13.8. The fraction of sp³-hybridized carbons (Fsp3) is 0. The Bertz CT molecular complexity index is 1040. The van der Waals surface area contributed by atoms with Crippen molar-refractivity contribution in [2.24, 2.45) is 0 Å². The number of fused-ring (bicyclic) bond motifs is 1. The van der Waals surface area contributed by atoms with Crippen LogP contribution in [0.5, 0.6) is 11.5 Å². The van der Waals surface area contributed by atoms with Gasteiger partial charge >= 0.3 is 0 Å². The highest BCUT2D eigenvalue weighted by Crippen LogP contribution is 2.32. The zero-order chi connectivity index (χ0) is 16.7. The molecule has 4 aromatic rings. The van der Waals surface area contributed by atoms with Gasteiger partial charge in [0.2, 0.25) is 0 Å². The maximum Gasteiger partial charge on any atom is 0.156 e. The molecule has 0 atom stereocenters. The zero-order valence-corrected chi connectivity index (χ0v) is 12.4. The molecule has 0 aliphatic rings. The molecular weight excluding hydrogens is 309 g/mol. The van der Waals surface area contributed by atoms with Gasteiger partial charge < -0.3 is 10.2 Å². The second-order valence-corrected chi connectivity index (χ2v) is 5.34. The van der Waals surface area contributed by atoms with Crippen LogP contribution in [0.15, 0.2) is 60.8 Å². The van der Waals surface area contributed by atoms with Crippen LogP contribution < -0.4 is 0 Å². The first-order valence-electron chi connectivity index (χ1n) is 7.25. The molecule has 0 fully saturated rings. The summed E-state index contributed by atoms with van der Waals surface area (Å²) in [5.41, 5.74) is 3.00. The quantitative estimate of drug-likeness (QED) is 0.553. The molecule has 0 saturated carbocycles. The van der Waals surface area contributed by atoms with Crippen LogP contribution in [0.25, 0.3) is 28.2 Å². The lowest BCUT2D eigenvalue weighted by atomic mass is 10.1. The molecule has 2 aromatic heterocycles. The van der Waals surface area contributed by atoms with Crippen molar-refractivity contribution in [3.05, 3.63) is 66.6 Å². The maximum atomic E-state index is 13.1. The van der Waals surface area contributed by atoms with Gasteiger partial charge in [-0.15, -0.1) is 0 Å². The second-order valence-electron chi connectivity index (χ2n) is 5.34. The molecule has 0 saturated heterocycles. The number of phenols is 2. The minimum atomic E-state index is -0.314. The van der Waals surface area contributed by atoms with Crippen molar-refractivity contribution in [3.63, 3.8) is 0 Å². The summed E-state index contributed by atoms with van der Waals surface area (Å²) < 4.78 is 14.7. The van der Waals surface area contributed by atoms with Gasteiger partial charge in [-0.25, -0.2) is 13.9 Å². The van der Waals surface area contributed by atoms with E-state index in [0.717, 1.165) is 5.56 Å². The lowest BCUT2D eigenvalue weighted by Crippen LogP contribution is -1.96. The van der Waals surface area contributed by atoms with E-state index >= 15 is 0 Å². The highest BCUT2D eigenvalue weighted by atomic mass is 19.1. The van der Waals surface area contributed by atoms with Crippen molar-refractivity contribution in [2.75, 3.05) is 0 Å². The summed E-state index contributed by atoms with van der Waals surface area (Å²) in [6.45, 7) is 0. The van der Waals surface area contributed by atoms with E-state index in [4.69, 9.17) is 0 Å². The van der Waals surface area contributed by atoms with Crippen LogP contribution in [-0.2, 0) is 0 Å². The second kappa shape index (κ2) is 5.34.